The molecule has 5 heteroatoms. The summed E-state index contributed by atoms with van der Waals surface area (Å²) in [6, 6.07) is 5.23. The minimum Gasteiger partial charge on any atom is -0.333 e. The van der Waals surface area contributed by atoms with Crippen molar-refractivity contribution in [2.45, 2.75) is 42.6 Å². The van der Waals surface area contributed by atoms with Crippen LogP contribution in [0.2, 0.25) is 0 Å². The third-order valence-corrected chi connectivity index (χ3v) is 5.47. The fourth-order valence-electron chi connectivity index (χ4n) is 3.22. The summed E-state index contributed by atoms with van der Waals surface area (Å²) in [6.07, 6.45) is 4.14. The second-order valence-corrected chi connectivity index (χ2v) is 7.44. The van der Waals surface area contributed by atoms with Gasteiger partial charge in [0, 0.05) is 22.5 Å². The summed E-state index contributed by atoms with van der Waals surface area (Å²) in [5.41, 5.74) is 0.450. The highest BCUT2D eigenvalue weighted by atomic mass is 79.9. The van der Waals surface area contributed by atoms with Gasteiger partial charge in [-0.2, -0.15) is 0 Å². The van der Waals surface area contributed by atoms with Crippen LogP contribution < -0.4 is 0 Å². The van der Waals surface area contributed by atoms with Gasteiger partial charge in [-0.25, -0.2) is 4.39 Å². The topological polar surface area (TPSA) is 20.3 Å². The SMILES string of the molecule is O=C(c1ccc(Br)c(F)c1)N1C2CCC1CC(Br)C2. The van der Waals surface area contributed by atoms with Crippen molar-refractivity contribution in [2.24, 2.45) is 0 Å². The maximum atomic E-state index is 13.6. The van der Waals surface area contributed by atoms with Crippen molar-refractivity contribution in [2.75, 3.05) is 0 Å². The molecule has 2 unspecified atom stereocenters. The van der Waals surface area contributed by atoms with Gasteiger partial charge in [-0.15, -0.1) is 0 Å². The molecule has 2 aliphatic heterocycles. The molecule has 102 valence electrons. The number of nitrogens with zero attached hydrogens (tertiary/aromatic N) is 1. The van der Waals surface area contributed by atoms with Crippen LogP contribution >= 0.6 is 31.9 Å². The van der Waals surface area contributed by atoms with Crippen LogP contribution in [0.3, 0.4) is 0 Å². The van der Waals surface area contributed by atoms with Crippen molar-refractivity contribution in [3.05, 3.63) is 34.1 Å². The lowest BCUT2D eigenvalue weighted by molar-refractivity contribution is 0.0603. The van der Waals surface area contributed by atoms with Crippen molar-refractivity contribution in [3.63, 3.8) is 0 Å². The summed E-state index contributed by atoms with van der Waals surface area (Å²) < 4.78 is 13.9. The number of piperidine rings is 1. The van der Waals surface area contributed by atoms with E-state index in [0.29, 0.717) is 26.9 Å². The second kappa shape index (κ2) is 5.17. The molecule has 2 bridgehead atoms. The lowest BCUT2D eigenvalue weighted by Gasteiger charge is -2.37. The third-order valence-electron chi connectivity index (χ3n) is 4.08. The Bertz CT molecular complexity index is 508. The van der Waals surface area contributed by atoms with E-state index in [1.54, 1.807) is 12.1 Å². The van der Waals surface area contributed by atoms with Gasteiger partial charge in [-0.1, -0.05) is 15.9 Å². The number of carbonyl (C=O) groups excluding carboxylic acids is 1. The molecule has 0 aromatic heterocycles. The average molecular weight is 391 g/mol. The van der Waals surface area contributed by atoms with Crippen molar-refractivity contribution < 1.29 is 9.18 Å². The van der Waals surface area contributed by atoms with Crippen LogP contribution in [0.5, 0.6) is 0 Å². The smallest absolute Gasteiger partial charge is 0.254 e. The van der Waals surface area contributed by atoms with Crippen LogP contribution in [0.15, 0.2) is 22.7 Å². The molecule has 1 aromatic carbocycles. The van der Waals surface area contributed by atoms with Crippen LogP contribution in [0.1, 0.15) is 36.0 Å². The predicted octanol–water partition coefficient (Wildman–Crippen LogP) is 4.12. The van der Waals surface area contributed by atoms with E-state index < -0.39 is 0 Å². The molecule has 2 heterocycles. The normalized spacial score (nSPS) is 29.6. The number of alkyl halides is 1. The number of amides is 1. The van der Waals surface area contributed by atoms with Gasteiger partial charge in [0.15, 0.2) is 0 Å². The Morgan fingerprint density at radius 3 is 2.47 bits per heavy atom. The van der Waals surface area contributed by atoms with Gasteiger partial charge in [-0.3, -0.25) is 4.79 Å². The average Bonchev–Trinajstić information content (AvgIpc) is 2.64. The highest BCUT2D eigenvalue weighted by Crippen LogP contribution is 2.39. The van der Waals surface area contributed by atoms with Crippen LogP contribution in [0, 0.1) is 5.82 Å². The van der Waals surface area contributed by atoms with Crippen LogP contribution in [0.25, 0.3) is 0 Å². The van der Waals surface area contributed by atoms with Crippen LogP contribution in [0.4, 0.5) is 4.39 Å². The van der Waals surface area contributed by atoms with E-state index in [1.165, 1.54) is 6.07 Å². The summed E-state index contributed by atoms with van der Waals surface area (Å²) >= 11 is 6.77. The first kappa shape index (κ1) is 13.6. The summed E-state index contributed by atoms with van der Waals surface area (Å²) in [7, 11) is 0. The maximum absolute atomic E-state index is 13.6. The van der Waals surface area contributed by atoms with Gasteiger partial charge in [0.2, 0.25) is 0 Å². The van der Waals surface area contributed by atoms with E-state index in [9.17, 15) is 9.18 Å². The largest absolute Gasteiger partial charge is 0.333 e. The van der Waals surface area contributed by atoms with Crippen molar-refractivity contribution >= 4 is 37.8 Å². The molecule has 0 aliphatic carbocycles. The molecule has 2 saturated heterocycles. The Morgan fingerprint density at radius 2 is 1.89 bits per heavy atom. The third kappa shape index (κ3) is 2.47. The zero-order chi connectivity index (χ0) is 13.6. The standard InChI is InChI=1S/C14H14Br2FNO/c15-9-6-10-2-3-11(7-9)18(10)14(19)8-1-4-12(16)13(17)5-8/h1,4-5,9-11H,2-3,6-7H2. The molecule has 3 rings (SSSR count). The Hall–Kier alpha value is -0.420. The predicted molar refractivity (Wildman–Crippen MR) is 79.0 cm³/mol. The Balaban J connectivity index is 1.86. The van der Waals surface area contributed by atoms with Crippen LogP contribution in [-0.4, -0.2) is 27.7 Å². The Kier molecular flexibility index (Phi) is 3.69. The molecule has 2 aliphatic rings. The molecule has 1 aromatic rings. The zero-order valence-electron chi connectivity index (χ0n) is 10.3. The lowest BCUT2D eigenvalue weighted by Crippen LogP contribution is -2.46. The number of halogens is 3. The van der Waals surface area contributed by atoms with Crippen molar-refractivity contribution in [3.8, 4) is 0 Å². The molecular weight excluding hydrogens is 377 g/mol. The fraction of sp³-hybridized carbons (Fsp3) is 0.500. The Morgan fingerprint density at radius 1 is 1.26 bits per heavy atom. The highest BCUT2D eigenvalue weighted by molar-refractivity contribution is 9.10. The van der Waals surface area contributed by atoms with Gasteiger partial charge in [0.25, 0.3) is 5.91 Å². The molecule has 2 fully saturated rings. The van der Waals surface area contributed by atoms with Gasteiger partial charge in [0.05, 0.1) is 4.47 Å². The monoisotopic (exact) mass is 389 g/mol. The van der Waals surface area contributed by atoms with E-state index in [-0.39, 0.29) is 11.7 Å². The molecule has 0 spiro atoms. The fourth-order valence-corrected chi connectivity index (χ4v) is 4.33. The first-order chi connectivity index (χ1) is 9.06. The molecule has 2 atom stereocenters. The number of benzene rings is 1. The van der Waals surface area contributed by atoms with E-state index in [4.69, 9.17) is 0 Å². The number of hydrogen-bond donors (Lipinski definition) is 0. The highest BCUT2D eigenvalue weighted by Gasteiger charge is 2.42. The molecular formula is C14H14Br2FNO. The summed E-state index contributed by atoms with van der Waals surface area (Å²) in [5, 5.41) is 0. The van der Waals surface area contributed by atoms with E-state index in [2.05, 4.69) is 31.9 Å². The number of hydrogen-bond acceptors (Lipinski definition) is 1. The van der Waals surface area contributed by atoms with Gasteiger partial charge in [0.1, 0.15) is 5.82 Å². The van der Waals surface area contributed by atoms with Crippen molar-refractivity contribution in [1.29, 1.82) is 0 Å². The van der Waals surface area contributed by atoms with Crippen molar-refractivity contribution in [1.82, 2.24) is 4.90 Å². The second-order valence-electron chi connectivity index (χ2n) is 5.29. The summed E-state index contributed by atoms with van der Waals surface area (Å²) in [4.78, 5) is 15.0. The maximum Gasteiger partial charge on any atom is 0.254 e. The van der Waals surface area contributed by atoms with Crippen LogP contribution in [-0.2, 0) is 0 Å². The zero-order valence-corrected chi connectivity index (χ0v) is 13.5. The minimum atomic E-state index is -0.381. The van der Waals surface area contributed by atoms with Gasteiger partial charge < -0.3 is 4.90 Å². The van der Waals surface area contributed by atoms with E-state index in [0.717, 1.165) is 25.7 Å². The summed E-state index contributed by atoms with van der Waals surface area (Å²) in [6.45, 7) is 0. The Labute approximate surface area is 128 Å². The first-order valence-electron chi connectivity index (χ1n) is 6.48. The lowest BCUT2D eigenvalue weighted by atomic mass is 10.0. The molecule has 0 radical (unpaired) electrons. The number of rotatable bonds is 1. The molecule has 2 nitrogen and oxygen atoms in total. The minimum absolute atomic E-state index is 0.0294. The van der Waals surface area contributed by atoms with E-state index >= 15 is 0 Å². The molecule has 0 N–H and O–H groups in total. The number of fused-ring (bicyclic) bond motifs is 2. The van der Waals surface area contributed by atoms with Gasteiger partial charge in [-0.05, 0) is 59.8 Å². The first-order valence-corrected chi connectivity index (χ1v) is 8.19. The molecule has 19 heavy (non-hydrogen) atoms. The van der Waals surface area contributed by atoms with Gasteiger partial charge >= 0.3 is 0 Å². The van der Waals surface area contributed by atoms with E-state index in [1.807, 2.05) is 4.90 Å². The quantitative estimate of drug-likeness (QED) is 0.660. The summed E-state index contributed by atoms with van der Waals surface area (Å²) in [5.74, 6) is -0.410. The molecule has 1 amide bonds. The number of carbonyl (C=O) groups is 1. The molecule has 0 saturated carbocycles.